The van der Waals surface area contributed by atoms with E-state index in [1.165, 1.54) is 16.9 Å². The van der Waals surface area contributed by atoms with Gasteiger partial charge >= 0.3 is 5.97 Å². The molecule has 0 spiro atoms. The highest BCUT2D eigenvalue weighted by atomic mass is 32.1. The van der Waals surface area contributed by atoms with Crippen molar-refractivity contribution in [2.75, 3.05) is 25.6 Å². The first-order valence-corrected chi connectivity index (χ1v) is 12.3. The van der Waals surface area contributed by atoms with Crippen molar-refractivity contribution in [3.63, 3.8) is 0 Å². The third kappa shape index (κ3) is 6.07. The summed E-state index contributed by atoms with van der Waals surface area (Å²) in [5.41, 5.74) is 3.37. The molecule has 4 rings (SSSR count). The highest BCUT2D eigenvalue weighted by molar-refractivity contribution is 7.11. The van der Waals surface area contributed by atoms with Gasteiger partial charge in [-0.1, -0.05) is 12.1 Å². The molecule has 0 saturated heterocycles. The summed E-state index contributed by atoms with van der Waals surface area (Å²) in [4.78, 5) is 27.2. The zero-order chi connectivity index (χ0) is 23.0. The first-order chi connectivity index (χ1) is 16.2. The van der Waals surface area contributed by atoms with Crippen molar-refractivity contribution < 1.29 is 14.3 Å². The molecule has 0 aliphatic carbocycles. The smallest absolute Gasteiger partial charge is 0.306 e. The Morgan fingerprint density at radius 2 is 2.09 bits per heavy atom. The van der Waals surface area contributed by atoms with E-state index in [1.807, 2.05) is 25.3 Å². The van der Waals surface area contributed by atoms with Crippen molar-refractivity contribution in [3.05, 3.63) is 63.4 Å². The molecule has 3 aromatic heterocycles. The number of esters is 1. The molecule has 0 bridgehead atoms. The number of nitrogens with zero attached hydrogens (tertiary/aromatic N) is 3. The number of thiazole rings is 1. The maximum Gasteiger partial charge on any atom is 0.306 e. The molecule has 0 radical (unpaired) electrons. The average molecular weight is 467 g/mol. The molecule has 8 heteroatoms. The summed E-state index contributed by atoms with van der Waals surface area (Å²) in [7, 11) is 1.58. The van der Waals surface area contributed by atoms with Crippen LogP contribution in [0.1, 0.15) is 58.8 Å². The minimum Gasteiger partial charge on any atom is -0.481 e. The van der Waals surface area contributed by atoms with Crippen LogP contribution in [0.2, 0.25) is 0 Å². The molecule has 1 N–H and O–H groups in total. The normalized spacial score (nSPS) is 13.6. The molecule has 3 aromatic rings. The van der Waals surface area contributed by atoms with Gasteiger partial charge in [-0.05, 0) is 56.2 Å². The molecule has 174 valence electrons. The fourth-order valence-corrected chi connectivity index (χ4v) is 5.09. The number of aryl methyl sites for hydroxylation is 3. The summed E-state index contributed by atoms with van der Waals surface area (Å²) in [6.45, 7) is 3.18. The van der Waals surface area contributed by atoms with Gasteiger partial charge in [0, 0.05) is 41.5 Å². The van der Waals surface area contributed by atoms with E-state index < -0.39 is 0 Å². The van der Waals surface area contributed by atoms with E-state index in [0.717, 1.165) is 54.3 Å². The predicted molar refractivity (Wildman–Crippen MR) is 129 cm³/mol. The lowest BCUT2D eigenvalue weighted by atomic mass is 9.98. The third-order valence-electron chi connectivity index (χ3n) is 5.72. The number of rotatable bonds is 10. The van der Waals surface area contributed by atoms with Crippen LogP contribution in [0.3, 0.4) is 0 Å². The quantitative estimate of drug-likeness (QED) is 0.438. The predicted octanol–water partition coefficient (Wildman–Crippen LogP) is 4.56. The zero-order valence-corrected chi connectivity index (χ0v) is 20.0. The molecule has 1 atom stereocenters. The zero-order valence-electron chi connectivity index (χ0n) is 19.2. The Balaban J connectivity index is 1.41. The van der Waals surface area contributed by atoms with Gasteiger partial charge in [-0.2, -0.15) is 0 Å². The monoisotopic (exact) mass is 466 g/mol. The fraction of sp³-hybridized carbons (Fsp3) is 0.440. The van der Waals surface area contributed by atoms with E-state index in [0.29, 0.717) is 12.5 Å². The van der Waals surface area contributed by atoms with Gasteiger partial charge in [0.1, 0.15) is 10.8 Å². The average Bonchev–Trinajstić information content (AvgIpc) is 3.31. The number of carbonyl (C=O) groups excluding carboxylic acids is 1. The van der Waals surface area contributed by atoms with E-state index >= 15 is 0 Å². The molecule has 1 unspecified atom stereocenters. The van der Waals surface area contributed by atoms with Gasteiger partial charge < -0.3 is 14.8 Å². The lowest BCUT2D eigenvalue weighted by molar-refractivity contribution is -0.143. The van der Waals surface area contributed by atoms with E-state index in [1.54, 1.807) is 24.6 Å². The minimum atomic E-state index is -0.234. The van der Waals surface area contributed by atoms with E-state index in [4.69, 9.17) is 14.5 Å². The molecule has 0 aromatic carbocycles. The molecule has 1 aliphatic heterocycles. The summed E-state index contributed by atoms with van der Waals surface area (Å²) in [5, 5.41) is 4.31. The lowest BCUT2D eigenvalue weighted by Gasteiger charge is -2.17. The Morgan fingerprint density at radius 1 is 1.18 bits per heavy atom. The molecule has 0 fully saturated rings. The van der Waals surface area contributed by atoms with Crippen LogP contribution in [0, 0.1) is 0 Å². The second-order valence-corrected chi connectivity index (χ2v) is 9.20. The van der Waals surface area contributed by atoms with Crippen molar-refractivity contribution >= 4 is 23.1 Å². The Hall–Kier alpha value is -3.00. The lowest BCUT2D eigenvalue weighted by Crippen LogP contribution is -2.14. The Labute approximate surface area is 198 Å². The number of anilines is 1. The highest BCUT2D eigenvalue weighted by Gasteiger charge is 2.23. The van der Waals surface area contributed by atoms with Gasteiger partial charge in [-0.25, -0.2) is 15.0 Å². The molecule has 0 saturated carbocycles. The van der Waals surface area contributed by atoms with Crippen molar-refractivity contribution in [2.45, 2.75) is 51.4 Å². The number of nitrogens with one attached hydrogen (secondary N) is 1. The summed E-state index contributed by atoms with van der Waals surface area (Å²) in [6, 6.07) is 8.10. The van der Waals surface area contributed by atoms with Gasteiger partial charge in [0.25, 0.3) is 0 Å². The van der Waals surface area contributed by atoms with Crippen LogP contribution in [-0.2, 0) is 28.8 Å². The number of aromatic nitrogens is 3. The van der Waals surface area contributed by atoms with Gasteiger partial charge in [0.2, 0.25) is 5.88 Å². The van der Waals surface area contributed by atoms with E-state index in [2.05, 4.69) is 27.4 Å². The molecule has 1 aliphatic rings. The second-order valence-electron chi connectivity index (χ2n) is 8.05. The number of ether oxygens (including phenoxy) is 2. The van der Waals surface area contributed by atoms with E-state index in [-0.39, 0.29) is 18.3 Å². The number of fused-ring (bicyclic) bond motifs is 1. The molecule has 0 amide bonds. The van der Waals surface area contributed by atoms with Crippen LogP contribution in [0.5, 0.6) is 5.88 Å². The SMILES string of the molecule is CCOC(=O)CC(c1ccc(OC)nc1)c1ncc(CCCc2ccc3c(n2)NCCC3)s1. The molecular formula is C25H30N4O3S. The first-order valence-electron chi connectivity index (χ1n) is 11.5. The van der Waals surface area contributed by atoms with Crippen LogP contribution >= 0.6 is 11.3 Å². The fourth-order valence-electron chi connectivity index (χ4n) is 4.00. The molecule has 7 nitrogen and oxygen atoms in total. The maximum absolute atomic E-state index is 12.3. The van der Waals surface area contributed by atoms with Crippen LogP contribution in [-0.4, -0.2) is 41.2 Å². The first kappa shape index (κ1) is 23.2. The number of hydrogen-bond donors (Lipinski definition) is 1. The molecule has 33 heavy (non-hydrogen) atoms. The van der Waals surface area contributed by atoms with Crippen LogP contribution in [0.15, 0.2) is 36.7 Å². The number of carbonyl (C=O) groups is 1. The highest BCUT2D eigenvalue weighted by Crippen LogP contribution is 2.32. The Kier molecular flexibility index (Phi) is 7.88. The second kappa shape index (κ2) is 11.2. The molecular weight excluding hydrogens is 436 g/mol. The Morgan fingerprint density at radius 3 is 2.88 bits per heavy atom. The van der Waals surface area contributed by atoms with E-state index in [9.17, 15) is 4.79 Å². The molecule has 4 heterocycles. The van der Waals surface area contributed by atoms with Crippen molar-refractivity contribution in [3.8, 4) is 5.88 Å². The number of hydrogen-bond acceptors (Lipinski definition) is 8. The summed E-state index contributed by atoms with van der Waals surface area (Å²) < 4.78 is 10.4. The van der Waals surface area contributed by atoms with Crippen LogP contribution in [0.4, 0.5) is 5.82 Å². The summed E-state index contributed by atoms with van der Waals surface area (Å²) in [5.74, 6) is 1.17. The summed E-state index contributed by atoms with van der Waals surface area (Å²) in [6.07, 6.45) is 9.05. The van der Waals surface area contributed by atoms with Gasteiger partial charge in [-0.15, -0.1) is 11.3 Å². The third-order valence-corrected chi connectivity index (χ3v) is 6.90. The van der Waals surface area contributed by atoms with Gasteiger partial charge in [0.05, 0.1) is 20.1 Å². The van der Waals surface area contributed by atoms with Crippen molar-refractivity contribution in [1.82, 2.24) is 15.0 Å². The number of pyridine rings is 2. The Bertz CT molecular complexity index is 1070. The van der Waals surface area contributed by atoms with Crippen LogP contribution < -0.4 is 10.1 Å². The van der Waals surface area contributed by atoms with Crippen LogP contribution in [0.25, 0.3) is 0 Å². The van der Waals surface area contributed by atoms with Crippen molar-refractivity contribution in [2.24, 2.45) is 0 Å². The largest absolute Gasteiger partial charge is 0.481 e. The standard InChI is InChI=1S/C25H30N4O3S/c1-3-32-23(30)14-21(18-10-12-22(31-2)27-15-18)25-28-16-20(33-25)8-4-7-19-11-9-17-6-5-13-26-24(17)29-19/h9-12,15-16,21H,3-8,13-14H2,1-2H3,(H,26,29). The minimum absolute atomic E-state index is 0.186. The van der Waals surface area contributed by atoms with Crippen molar-refractivity contribution in [1.29, 1.82) is 0 Å². The topological polar surface area (TPSA) is 86.2 Å². The summed E-state index contributed by atoms with van der Waals surface area (Å²) >= 11 is 1.65. The van der Waals surface area contributed by atoms with Gasteiger partial charge in [-0.3, -0.25) is 4.79 Å². The maximum atomic E-state index is 12.3. The van der Waals surface area contributed by atoms with Gasteiger partial charge in [0.15, 0.2) is 0 Å². The number of methoxy groups -OCH3 is 1.